The summed E-state index contributed by atoms with van der Waals surface area (Å²) in [5.74, 6) is 0.393. The van der Waals surface area contributed by atoms with Gasteiger partial charge in [0.05, 0.1) is 30.8 Å². The zero-order valence-corrected chi connectivity index (χ0v) is 30.7. The molecule has 4 saturated heterocycles. The van der Waals surface area contributed by atoms with Crippen LogP contribution >= 0.6 is 0 Å². The number of rotatable bonds is 6. The fourth-order valence-corrected chi connectivity index (χ4v) is 8.45. The maximum atomic E-state index is 13.3. The van der Waals surface area contributed by atoms with E-state index in [4.69, 9.17) is 14.2 Å². The molecule has 0 N–H and O–H groups in total. The average Bonchev–Trinajstić information content (AvgIpc) is 3.39. The van der Waals surface area contributed by atoms with Gasteiger partial charge in [-0.25, -0.2) is 0 Å². The van der Waals surface area contributed by atoms with E-state index >= 15 is 0 Å². The van der Waals surface area contributed by atoms with E-state index in [-0.39, 0.29) is 54.7 Å². The Labute approximate surface area is 296 Å². The van der Waals surface area contributed by atoms with Gasteiger partial charge in [-0.2, -0.15) is 0 Å². The van der Waals surface area contributed by atoms with Gasteiger partial charge in [-0.05, 0) is 96.2 Å². The number of fused-ring (bicyclic) bond motifs is 4. The van der Waals surface area contributed by atoms with E-state index in [1.165, 1.54) is 50.8 Å². The van der Waals surface area contributed by atoms with Gasteiger partial charge in [0.25, 0.3) is 0 Å². The first-order valence-corrected chi connectivity index (χ1v) is 19.7. The molecule has 4 fully saturated rings. The number of allylic oxidation sites excluding steroid dienone is 6. The third kappa shape index (κ3) is 12.4. The maximum absolute atomic E-state index is 13.3. The van der Waals surface area contributed by atoms with Crippen LogP contribution in [0, 0.1) is 11.8 Å². The third-order valence-electron chi connectivity index (χ3n) is 11.3. The van der Waals surface area contributed by atoms with Gasteiger partial charge in [0, 0.05) is 37.9 Å². The van der Waals surface area contributed by atoms with Crippen LogP contribution in [-0.2, 0) is 23.8 Å². The molecule has 7 unspecified atom stereocenters. The number of carbonyl (C=O) groups is 2. The summed E-state index contributed by atoms with van der Waals surface area (Å²) in [6, 6.07) is 0.644. The highest BCUT2D eigenvalue weighted by Crippen LogP contribution is 2.33. The van der Waals surface area contributed by atoms with Crippen molar-refractivity contribution in [3.63, 3.8) is 0 Å². The van der Waals surface area contributed by atoms with Gasteiger partial charge < -0.3 is 24.0 Å². The lowest BCUT2D eigenvalue weighted by Gasteiger charge is -2.38. The summed E-state index contributed by atoms with van der Waals surface area (Å²) in [5, 5.41) is 0. The van der Waals surface area contributed by atoms with Crippen molar-refractivity contribution < 1.29 is 23.8 Å². The molecular formula is C42H64N2O5. The van der Waals surface area contributed by atoms with Crippen molar-refractivity contribution in [2.24, 2.45) is 11.8 Å². The van der Waals surface area contributed by atoms with Gasteiger partial charge in [0.15, 0.2) is 0 Å². The van der Waals surface area contributed by atoms with Crippen LogP contribution in [0.1, 0.15) is 117 Å². The molecule has 0 aromatic rings. The Morgan fingerprint density at radius 3 is 2.22 bits per heavy atom. The molecule has 0 aliphatic carbocycles. The number of nitrogens with zero attached hydrogens (tertiary/aromatic N) is 2. The van der Waals surface area contributed by atoms with E-state index < -0.39 is 0 Å². The van der Waals surface area contributed by atoms with Crippen LogP contribution in [0.3, 0.4) is 0 Å². The SMILES string of the molecule is CC=C1CC2CC(=O)OC(C=CC=CC=CCC(=O)N3CCC(N4CCCCCC4)CC3)C(C)C=CC(C)CC3CCCC(CC(C1)O2)O3. The van der Waals surface area contributed by atoms with Crippen LogP contribution in [0.25, 0.3) is 0 Å². The van der Waals surface area contributed by atoms with E-state index in [1.54, 1.807) is 0 Å². The summed E-state index contributed by atoms with van der Waals surface area (Å²) in [4.78, 5) is 30.9. The fourth-order valence-electron chi connectivity index (χ4n) is 8.45. The highest BCUT2D eigenvalue weighted by molar-refractivity contribution is 5.77. The van der Waals surface area contributed by atoms with Gasteiger partial charge in [-0.15, -0.1) is 0 Å². The summed E-state index contributed by atoms with van der Waals surface area (Å²) in [7, 11) is 0. The zero-order valence-electron chi connectivity index (χ0n) is 30.7. The van der Waals surface area contributed by atoms with E-state index in [1.807, 2.05) is 41.4 Å². The number of likely N-dealkylation sites (tertiary alicyclic amines) is 2. The summed E-state index contributed by atoms with van der Waals surface area (Å²) in [5.41, 5.74) is 1.36. The topological polar surface area (TPSA) is 68.3 Å². The van der Waals surface area contributed by atoms with Crippen LogP contribution in [-0.4, -0.2) is 84.4 Å². The van der Waals surface area contributed by atoms with Crippen LogP contribution in [0.2, 0.25) is 0 Å². The number of amides is 1. The Bertz CT molecular complexity index is 1190. The van der Waals surface area contributed by atoms with Gasteiger partial charge >= 0.3 is 5.97 Å². The molecule has 5 aliphatic rings. The molecule has 5 aliphatic heterocycles. The van der Waals surface area contributed by atoms with Gasteiger partial charge in [-0.1, -0.05) is 80.9 Å². The highest BCUT2D eigenvalue weighted by atomic mass is 16.5. The van der Waals surface area contributed by atoms with Gasteiger partial charge in [-0.3, -0.25) is 9.59 Å². The minimum atomic E-state index is -0.382. The Hall–Kier alpha value is -2.48. The number of ether oxygens (including phenoxy) is 3. The normalized spacial score (nSPS) is 34.5. The average molecular weight is 677 g/mol. The van der Waals surface area contributed by atoms with E-state index in [9.17, 15) is 9.59 Å². The second kappa shape index (κ2) is 19.8. The quantitative estimate of drug-likeness (QED) is 0.160. The first-order valence-electron chi connectivity index (χ1n) is 19.7. The first kappa shape index (κ1) is 37.8. The van der Waals surface area contributed by atoms with Crippen LogP contribution in [0.5, 0.6) is 0 Å². The molecule has 272 valence electrons. The summed E-state index contributed by atoms with van der Waals surface area (Å²) in [6.45, 7) is 10.6. The molecule has 7 heteroatoms. The summed E-state index contributed by atoms with van der Waals surface area (Å²) >= 11 is 0. The van der Waals surface area contributed by atoms with Gasteiger partial charge in [0.1, 0.15) is 6.10 Å². The second-order valence-corrected chi connectivity index (χ2v) is 15.4. The fraction of sp³-hybridized carbons (Fsp3) is 0.714. The van der Waals surface area contributed by atoms with Crippen molar-refractivity contribution in [2.45, 2.75) is 154 Å². The number of esters is 1. The number of hydrogen-bond acceptors (Lipinski definition) is 6. The predicted molar refractivity (Wildman–Crippen MR) is 197 cm³/mol. The van der Waals surface area contributed by atoms with Gasteiger partial charge in [0.2, 0.25) is 5.91 Å². The smallest absolute Gasteiger partial charge is 0.309 e. The summed E-state index contributed by atoms with van der Waals surface area (Å²) in [6.07, 6.45) is 33.6. The van der Waals surface area contributed by atoms with Crippen molar-refractivity contribution in [3.8, 4) is 0 Å². The Morgan fingerprint density at radius 2 is 1.47 bits per heavy atom. The minimum absolute atomic E-state index is 0.0201. The van der Waals surface area contributed by atoms with Crippen molar-refractivity contribution >= 4 is 11.9 Å². The molecule has 4 bridgehead atoms. The predicted octanol–water partition coefficient (Wildman–Crippen LogP) is 8.27. The minimum Gasteiger partial charge on any atom is -0.457 e. The molecule has 5 heterocycles. The van der Waals surface area contributed by atoms with Crippen molar-refractivity contribution in [3.05, 3.63) is 60.3 Å². The molecule has 0 saturated carbocycles. The standard InChI is InChI=1S/C42H64N2O5/c1-4-34-28-38-30-37-16-14-15-36(47-37)27-32(2)19-20-33(3)40(49-42(46)31-39(29-34)48-38)17-10-6-5-7-11-18-41(45)44-25-21-35(22-26-44)43-23-12-8-9-13-24-43/h4-7,10-11,17,19-20,32-33,35-40H,8-9,12-16,18,21-31H2,1-3H3. The zero-order chi connectivity index (χ0) is 34.4. The Morgan fingerprint density at radius 1 is 0.776 bits per heavy atom. The molecular weight excluding hydrogens is 612 g/mol. The van der Waals surface area contributed by atoms with Crippen molar-refractivity contribution in [1.82, 2.24) is 9.80 Å². The molecule has 0 spiro atoms. The van der Waals surface area contributed by atoms with Crippen molar-refractivity contribution in [1.29, 1.82) is 0 Å². The van der Waals surface area contributed by atoms with E-state index in [0.29, 0.717) is 18.4 Å². The molecule has 0 aromatic carbocycles. The third-order valence-corrected chi connectivity index (χ3v) is 11.3. The molecule has 0 radical (unpaired) electrons. The molecule has 5 rings (SSSR count). The molecule has 1 amide bonds. The Kier molecular flexibility index (Phi) is 15.3. The maximum Gasteiger partial charge on any atom is 0.309 e. The van der Waals surface area contributed by atoms with Crippen molar-refractivity contribution in [2.75, 3.05) is 26.2 Å². The monoisotopic (exact) mass is 676 g/mol. The first-order chi connectivity index (χ1) is 23.9. The summed E-state index contributed by atoms with van der Waals surface area (Å²) < 4.78 is 19.2. The number of hydrogen-bond donors (Lipinski definition) is 0. The Balaban J connectivity index is 1.13. The number of carbonyl (C=O) groups excluding carboxylic acids is 2. The molecule has 49 heavy (non-hydrogen) atoms. The number of piperidine rings is 1. The lowest BCUT2D eigenvalue weighted by atomic mass is 9.90. The second-order valence-electron chi connectivity index (χ2n) is 15.4. The van der Waals surface area contributed by atoms with Crippen LogP contribution < -0.4 is 0 Å². The highest BCUT2D eigenvalue weighted by Gasteiger charge is 2.33. The van der Waals surface area contributed by atoms with Crippen LogP contribution in [0.15, 0.2) is 60.3 Å². The van der Waals surface area contributed by atoms with E-state index in [0.717, 1.165) is 64.5 Å². The molecule has 7 nitrogen and oxygen atoms in total. The lowest BCUT2D eigenvalue weighted by Crippen LogP contribution is -2.46. The lowest BCUT2D eigenvalue weighted by molar-refractivity contribution is -0.154. The molecule has 7 atom stereocenters. The largest absolute Gasteiger partial charge is 0.457 e. The van der Waals surface area contributed by atoms with Crippen LogP contribution in [0.4, 0.5) is 0 Å². The van der Waals surface area contributed by atoms with E-state index in [2.05, 4.69) is 43.9 Å². The number of cyclic esters (lactones) is 1. The molecule has 0 aromatic heterocycles.